The fourth-order valence-corrected chi connectivity index (χ4v) is 5.44. The number of carbonyl (C=O) groups excluding carboxylic acids is 5. The number of nitrogens with two attached hydrogens (primary N) is 1. The van der Waals surface area contributed by atoms with Gasteiger partial charge in [0.2, 0.25) is 23.4 Å². The average molecular weight is 598 g/mol. The molecule has 13 nitrogen and oxygen atoms in total. The number of aliphatic hydroxyl groups is 1. The van der Waals surface area contributed by atoms with Crippen molar-refractivity contribution in [3.05, 3.63) is 12.4 Å². The number of hydrazine groups is 1. The SMILES string of the molecule is C=C(N)NCCC[C@H](NN1CCC[C@H]1C(=O)N1CCC[C@H]1C(=O)NC(C(=O)C(=O)[C@H](CO)NS)[C@@H](C)CC)C(C)=O. The molecule has 232 valence electrons. The highest BCUT2D eigenvalue weighted by atomic mass is 32.1. The number of carbonyl (C=O) groups is 5. The molecule has 2 aliphatic heterocycles. The summed E-state index contributed by atoms with van der Waals surface area (Å²) < 4.78 is 2.31. The summed E-state index contributed by atoms with van der Waals surface area (Å²) >= 11 is 3.81. The summed E-state index contributed by atoms with van der Waals surface area (Å²) in [5.41, 5.74) is 8.78. The number of nitrogens with zero attached hydrogens (tertiary/aromatic N) is 2. The summed E-state index contributed by atoms with van der Waals surface area (Å²) in [5.74, 6) is -2.42. The summed E-state index contributed by atoms with van der Waals surface area (Å²) in [7, 11) is 0. The number of amides is 2. The Morgan fingerprint density at radius 2 is 1.73 bits per heavy atom. The van der Waals surface area contributed by atoms with Crippen molar-refractivity contribution in [1.29, 1.82) is 0 Å². The summed E-state index contributed by atoms with van der Waals surface area (Å²) in [6.07, 6.45) is 4.13. The highest BCUT2D eigenvalue weighted by Crippen LogP contribution is 2.25. The van der Waals surface area contributed by atoms with Crippen molar-refractivity contribution in [2.24, 2.45) is 11.7 Å². The standard InChI is InChI=1S/C27H47N7O6S/c1-5-16(2)23(25(38)24(37)20(15-35)32-41)30-26(39)21-10-7-13-33(21)27(40)22-11-8-14-34(22)31-19(17(3)36)9-6-12-29-18(4)28/h16,19-23,29,31-32,35,41H,4-15,28H2,1-3H3,(H,30,39)/t16-,19-,20-,21-,22-,23?/m0/s1. The van der Waals surface area contributed by atoms with Crippen LogP contribution in [0.1, 0.15) is 65.7 Å². The van der Waals surface area contributed by atoms with Gasteiger partial charge in [0.25, 0.3) is 0 Å². The minimum Gasteiger partial charge on any atom is -0.394 e. The van der Waals surface area contributed by atoms with Gasteiger partial charge in [0.15, 0.2) is 0 Å². The predicted octanol–water partition coefficient (Wildman–Crippen LogP) is -0.832. The van der Waals surface area contributed by atoms with Crippen LogP contribution in [0.2, 0.25) is 0 Å². The Labute approximate surface area is 247 Å². The Bertz CT molecular complexity index is 962. The highest BCUT2D eigenvalue weighted by molar-refractivity contribution is 7.78. The van der Waals surface area contributed by atoms with E-state index in [2.05, 4.69) is 40.2 Å². The topological polar surface area (TPSA) is 186 Å². The maximum Gasteiger partial charge on any atom is 0.243 e. The first-order valence-electron chi connectivity index (χ1n) is 14.4. The lowest BCUT2D eigenvalue weighted by Gasteiger charge is -2.33. The molecule has 41 heavy (non-hydrogen) atoms. The van der Waals surface area contributed by atoms with Crippen molar-refractivity contribution in [1.82, 2.24) is 30.7 Å². The first kappa shape index (κ1) is 34.7. The second kappa shape index (κ2) is 16.8. The van der Waals surface area contributed by atoms with Gasteiger partial charge in [0.1, 0.15) is 23.9 Å². The summed E-state index contributed by atoms with van der Waals surface area (Å²) in [4.78, 5) is 66.7. The lowest BCUT2D eigenvalue weighted by molar-refractivity contribution is -0.145. The molecule has 2 amide bonds. The third kappa shape index (κ3) is 9.50. The fraction of sp³-hybridized carbons (Fsp3) is 0.741. The van der Waals surface area contributed by atoms with Gasteiger partial charge in [-0.3, -0.25) is 28.7 Å². The van der Waals surface area contributed by atoms with Crippen molar-refractivity contribution in [2.75, 3.05) is 26.2 Å². The molecule has 0 aromatic rings. The van der Waals surface area contributed by atoms with Gasteiger partial charge in [-0.2, -0.15) is 0 Å². The highest BCUT2D eigenvalue weighted by Gasteiger charge is 2.43. The van der Waals surface area contributed by atoms with E-state index < -0.39 is 54.3 Å². The summed E-state index contributed by atoms with van der Waals surface area (Å²) in [6.45, 7) is 9.64. The second-order valence-electron chi connectivity index (χ2n) is 10.9. The predicted molar refractivity (Wildman–Crippen MR) is 157 cm³/mol. The number of aliphatic hydroxyl groups excluding tert-OH is 1. The molecule has 7 N–H and O–H groups in total. The van der Waals surface area contributed by atoms with Crippen LogP contribution >= 0.6 is 12.8 Å². The third-order valence-corrected chi connectivity index (χ3v) is 8.21. The fourth-order valence-electron chi connectivity index (χ4n) is 5.25. The average Bonchev–Trinajstić information content (AvgIpc) is 3.62. The largest absolute Gasteiger partial charge is 0.394 e. The van der Waals surface area contributed by atoms with E-state index in [0.29, 0.717) is 64.0 Å². The van der Waals surface area contributed by atoms with Crippen LogP contribution in [-0.2, 0) is 24.0 Å². The van der Waals surface area contributed by atoms with Crippen LogP contribution < -0.4 is 26.5 Å². The minimum absolute atomic E-state index is 0.0417. The molecule has 1 unspecified atom stereocenters. The monoisotopic (exact) mass is 597 g/mol. The van der Waals surface area contributed by atoms with Crippen molar-refractivity contribution in [3.8, 4) is 0 Å². The van der Waals surface area contributed by atoms with Gasteiger partial charge >= 0.3 is 0 Å². The van der Waals surface area contributed by atoms with Crippen LogP contribution in [0.25, 0.3) is 0 Å². The van der Waals surface area contributed by atoms with E-state index >= 15 is 0 Å². The Hall–Kier alpha value is -2.52. The number of likely N-dealkylation sites (tertiary alicyclic amines) is 1. The number of thiol groups is 1. The van der Waals surface area contributed by atoms with Gasteiger partial charge in [-0.1, -0.05) is 39.7 Å². The van der Waals surface area contributed by atoms with E-state index in [-0.39, 0.29) is 17.6 Å². The smallest absolute Gasteiger partial charge is 0.243 e. The molecule has 2 rings (SSSR count). The quantitative estimate of drug-likeness (QED) is 0.0594. The molecule has 2 aliphatic rings. The first-order chi connectivity index (χ1) is 19.5. The normalized spacial score (nSPS) is 22.0. The van der Waals surface area contributed by atoms with Crippen LogP contribution in [-0.4, -0.2) is 101 Å². The van der Waals surface area contributed by atoms with E-state index in [1.54, 1.807) is 16.8 Å². The van der Waals surface area contributed by atoms with E-state index in [1.807, 2.05) is 6.92 Å². The number of rotatable bonds is 18. The lowest BCUT2D eigenvalue weighted by Crippen LogP contribution is -2.59. The van der Waals surface area contributed by atoms with Crippen LogP contribution in [0, 0.1) is 5.92 Å². The molecule has 0 radical (unpaired) electrons. The maximum atomic E-state index is 13.7. The van der Waals surface area contributed by atoms with Crippen LogP contribution in [0.4, 0.5) is 0 Å². The van der Waals surface area contributed by atoms with Crippen molar-refractivity contribution in [2.45, 2.75) is 95.9 Å². The molecule has 2 heterocycles. The summed E-state index contributed by atoms with van der Waals surface area (Å²) in [6, 6.07) is -4.07. The molecular formula is C27H47N7O6S. The maximum absolute atomic E-state index is 13.7. The molecule has 2 saturated heterocycles. The zero-order valence-corrected chi connectivity index (χ0v) is 25.3. The Morgan fingerprint density at radius 1 is 1.07 bits per heavy atom. The van der Waals surface area contributed by atoms with Crippen LogP contribution in [0.3, 0.4) is 0 Å². The van der Waals surface area contributed by atoms with Crippen LogP contribution in [0.15, 0.2) is 12.4 Å². The number of ketones is 3. The molecule has 6 atom stereocenters. The second-order valence-corrected chi connectivity index (χ2v) is 11.2. The number of hydrogen-bond donors (Lipinski definition) is 7. The van der Waals surface area contributed by atoms with E-state index in [4.69, 9.17) is 5.73 Å². The van der Waals surface area contributed by atoms with Gasteiger partial charge in [-0.25, -0.2) is 10.4 Å². The van der Waals surface area contributed by atoms with E-state index in [9.17, 15) is 29.1 Å². The Kier molecular flexibility index (Phi) is 14.2. The van der Waals surface area contributed by atoms with Crippen LogP contribution in [0.5, 0.6) is 0 Å². The molecule has 0 aliphatic carbocycles. The van der Waals surface area contributed by atoms with Crippen molar-refractivity contribution < 1.29 is 29.1 Å². The van der Waals surface area contributed by atoms with E-state index in [0.717, 1.165) is 6.42 Å². The molecule has 0 bridgehead atoms. The Morgan fingerprint density at radius 3 is 2.32 bits per heavy atom. The molecule has 14 heteroatoms. The summed E-state index contributed by atoms with van der Waals surface area (Å²) in [5, 5.41) is 16.9. The first-order valence-corrected chi connectivity index (χ1v) is 14.8. The van der Waals surface area contributed by atoms with E-state index in [1.165, 1.54) is 6.92 Å². The number of hydrogen-bond acceptors (Lipinski definition) is 12. The molecule has 0 aromatic carbocycles. The van der Waals surface area contributed by atoms with Gasteiger partial charge in [0, 0.05) is 19.6 Å². The van der Waals surface area contributed by atoms with Gasteiger partial charge < -0.3 is 26.4 Å². The molecule has 0 saturated carbocycles. The molecule has 0 aromatic heterocycles. The zero-order valence-electron chi connectivity index (χ0n) is 24.4. The number of nitrogens with one attached hydrogen (secondary N) is 4. The molecular weight excluding hydrogens is 550 g/mol. The lowest BCUT2D eigenvalue weighted by atomic mass is 9.91. The van der Waals surface area contributed by atoms with Crippen molar-refractivity contribution >= 4 is 42.0 Å². The third-order valence-electron chi connectivity index (χ3n) is 7.90. The van der Waals surface area contributed by atoms with Gasteiger partial charge in [0.05, 0.1) is 24.5 Å². The molecule has 2 fully saturated rings. The molecule has 0 spiro atoms. The van der Waals surface area contributed by atoms with Gasteiger partial charge in [-0.15, -0.1) is 0 Å². The number of Topliss-reactive ketones (excluding diaryl/α,β-unsaturated/α-hetero) is 3. The minimum atomic E-state index is -1.19. The Balaban J connectivity index is 2.11. The zero-order chi connectivity index (χ0) is 30.7. The van der Waals surface area contributed by atoms with Crippen molar-refractivity contribution in [3.63, 3.8) is 0 Å². The van der Waals surface area contributed by atoms with Gasteiger partial charge in [-0.05, 0) is 51.4 Å².